The SMILES string of the molecule is [B]c1conc1N. The lowest BCUT2D eigenvalue weighted by molar-refractivity contribution is 0.424. The van der Waals surface area contributed by atoms with Gasteiger partial charge in [0.2, 0.25) is 0 Å². The monoisotopic (exact) mass is 94.0 g/mol. The van der Waals surface area contributed by atoms with Crippen molar-refractivity contribution >= 4 is 19.1 Å². The van der Waals surface area contributed by atoms with Gasteiger partial charge in [-0.3, -0.25) is 0 Å². The van der Waals surface area contributed by atoms with E-state index in [0.29, 0.717) is 5.46 Å². The molecular weight excluding hydrogens is 90.9 g/mol. The van der Waals surface area contributed by atoms with Crippen LogP contribution in [0.4, 0.5) is 5.82 Å². The van der Waals surface area contributed by atoms with Crippen LogP contribution in [0.15, 0.2) is 10.8 Å². The first kappa shape index (κ1) is 4.24. The normalized spacial score (nSPS) is 9.14. The first-order valence-corrected chi connectivity index (χ1v) is 1.76. The Morgan fingerprint density at radius 1 is 1.86 bits per heavy atom. The number of hydrogen-bond acceptors (Lipinski definition) is 3. The summed E-state index contributed by atoms with van der Waals surface area (Å²) >= 11 is 0. The zero-order valence-corrected chi connectivity index (χ0v) is 3.59. The highest BCUT2D eigenvalue weighted by Gasteiger charge is 1.91. The molecule has 1 heterocycles. The van der Waals surface area contributed by atoms with Crippen LogP contribution in [-0.2, 0) is 0 Å². The summed E-state index contributed by atoms with van der Waals surface area (Å²) in [6.45, 7) is 0. The first-order chi connectivity index (χ1) is 3.30. The van der Waals surface area contributed by atoms with E-state index in [4.69, 9.17) is 13.6 Å². The van der Waals surface area contributed by atoms with Crippen LogP contribution in [0.1, 0.15) is 0 Å². The number of nitrogen functional groups attached to an aromatic ring is 1. The maximum atomic E-state index is 5.16. The smallest absolute Gasteiger partial charge is 0.159 e. The Kier molecular flexibility index (Phi) is 0.783. The predicted molar refractivity (Wildman–Crippen MR) is 26.3 cm³/mol. The van der Waals surface area contributed by atoms with Crippen LogP contribution in [-0.4, -0.2) is 13.0 Å². The molecule has 0 aliphatic carbocycles. The van der Waals surface area contributed by atoms with Gasteiger partial charge in [-0.15, -0.1) is 0 Å². The second kappa shape index (κ2) is 1.29. The quantitative estimate of drug-likeness (QED) is 0.421. The van der Waals surface area contributed by atoms with Crippen molar-refractivity contribution < 1.29 is 4.52 Å². The van der Waals surface area contributed by atoms with Crippen LogP contribution in [0.3, 0.4) is 0 Å². The van der Waals surface area contributed by atoms with E-state index in [9.17, 15) is 0 Å². The summed E-state index contributed by atoms with van der Waals surface area (Å²) in [5, 5.41) is 3.29. The summed E-state index contributed by atoms with van der Waals surface area (Å²) in [5.41, 5.74) is 5.50. The summed E-state index contributed by atoms with van der Waals surface area (Å²) < 4.78 is 4.34. The third-order valence-electron chi connectivity index (χ3n) is 0.626. The van der Waals surface area contributed by atoms with Crippen LogP contribution in [0, 0.1) is 0 Å². The van der Waals surface area contributed by atoms with E-state index in [0.717, 1.165) is 0 Å². The minimum atomic E-state index is 0.250. The summed E-state index contributed by atoms with van der Waals surface area (Å²) in [6, 6.07) is 0. The Hall–Kier alpha value is -0.925. The van der Waals surface area contributed by atoms with Crippen LogP contribution in [0.2, 0.25) is 0 Å². The number of hydrogen-bond donors (Lipinski definition) is 1. The zero-order chi connectivity index (χ0) is 5.28. The number of anilines is 1. The van der Waals surface area contributed by atoms with E-state index < -0.39 is 0 Å². The fourth-order valence-corrected chi connectivity index (χ4v) is 0.253. The molecule has 0 saturated heterocycles. The van der Waals surface area contributed by atoms with E-state index in [1.165, 1.54) is 6.26 Å². The first-order valence-electron chi connectivity index (χ1n) is 1.76. The summed E-state index contributed by atoms with van der Waals surface area (Å²) in [5.74, 6) is 0.250. The average Bonchev–Trinajstić information content (AvgIpc) is 1.91. The molecule has 0 saturated carbocycles. The Morgan fingerprint density at radius 2 is 2.57 bits per heavy atom. The van der Waals surface area contributed by atoms with E-state index >= 15 is 0 Å². The highest BCUT2D eigenvalue weighted by Crippen LogP contribution is 1.85. The molecule has 7 heavy (non-hydrogen) atoms. The van der Waals surface area contributed by atoms with Crippen molar-refractivity contribution in [3.05, 3.63) is 6.26 Å². The van der Waals surface area contributed by atoms with Crippen LogP contribution in [0.25, 0.3) is 0 Å². The van der Waals surface area contributed by atoms with Crippen molar-refractivity contribution in [2.45, 2.75) is 0 Å². The third kappa shape index (κ3) is 0.583. The molecule has 0 atom stereocenters. The predicted octanol–water partition coefficient (Wildman–Crippen LogP) is -0.949. The van der Waals surface area contributed by atoms with E-state index in [2.05, 4.69) is 9.68 Å². The van der Waals surface area contributed by atoms with Crippen molar-refractivity contribution in [2.24, 2.45) is 0 Å². The molecule has 34 valence electrons. The molecule has 0 amide bonds. The fourth-order valence-electron chi connectivity index (χ4n) is 0.253. The van der Waals surface area contributed by atoms with Gasteiger partial charge in [0.1, 0.15) is 14.1 Å². The third-order valence-corrected chi connectivity index (χ3v) is 0.626. The molecular formula is C3H3BN2O. The summed E-state index contributed by atoms with van der Waals surface area (Å²) in [4.78, 5) is 0. The lowest BCUT2D eigenvalue weighted by Gasteiger charge is -1.75. The lowest BCUT2D eigenvalue weighted by atomic mass is 10.0. The van der Waals surface area contributed by atoms with Gasteiger partial charge in [0.05, 0.1) is 0 Å². The molecule has 3 nitrogen and oxygen atoms in total. The Balaban J connectivity index is 3.12. The standard InChI is InChI=1S/C3H3BN2O/c4-2-1-7-6-3(2)5/h1H,(H2,5,6). The average molecular weight is 93.9 g/mol. The maximum Gasteiger partial charge on any atom is 0.159 e. The Bertz CT molecular complexity index is 145. The largest absolute Gasteiger partial charge is 0.381 e. The van der Waals surface area contributed by atoms with Gasteiger partial charge in [-0.1, -0.05) is 5.16 Å². The Morgan fingerprint density at radius 3 is 2.71 bits per heavy atom. The number of aromatic nitrogens is 1. The minimum absolute atomic E-state index is 0.250. The highest BCUT2D eigenvalue weighted by atomic mass is 16.5. The molecule has 1 aromatic heterocycles. The van der Waals surface area contributed by atoms with Gasteiger partial charge < -0.3 is 10.3 Å². The minimum Gasteiger partial charge on any atom is -0.381 e. The zero-order valence-electron chi connectivity index (χ0n) is 3.59. The van der Waals surface area contributed by atoms with Gasteiger partial charge >= 0.3 is 0 Å². The summed E-state index contributed by atoms with van der Waals surface area (Å²) in [7, 11) is 5.16. The number of rotatable bonds is 0. The molecule has 0 aromatic carbocycles. The van der Waals surface area contributed by atoms with Crippen molar-refractivity contribution in [2.75, 3.05) is 5.73 Å². The van der Waals surface area contributed by atoms with E-state index in [1.807, 2.05) is 0 Å². The number of nitrogens with zero attached hydrogens (tertiary/aromatic N) is 1. The van der Waals surface area contributed by atoms with Crippen molar-refractivity contribution in [1.29, 1.82) is 0 Å². The molecule has 0 unspecified atom stereocenters. The summed E-state index contributed by atoms with van der Waals surface area (Å²) in [6.07, 6.45) is 1.29. The highest BCUT2D eigenvalue weighted by molar-refractivity contribution is 6.34. The molecule has 4 heteroatoms. The van der Waals surface area contributed by atoms with Crippen molar-refractivity contribution in [3.63, 3.8) is 0 Å². The van der Waals surface area contributed by atoms with Gasteiger partial charge in [-0.05, 0) is 5.46 Å². The maximum absolute atomic E-state index is 5.16. The van der Waals surface area contributed by atoms with Gasteiger partial charge in [0.25, 0.3) is 0 Å². The van der Waals surface area contributed by atoms with E-state index in [1.54, 1.807) is 0 Å². The molecule has 2 N–H and O–H groups in total. The Labute approximate surface area is 41.9 Å². The molecule has 0 spiro atoms. The second-order valence-corrected chi connectivity index (χ2v) is 1.16. The van der Waals surface area contributed by atoms with Gasteiger partial charge in [-0.25, -0.2) is 0 Å². The second-order valence-electron chi connectivity index (χ2n) is 1.16. The van der Waals surface area contributed by atoms with Gasteiger partial charge in [0, 0.05) is 0 Å². The van der Waals surface area contributed by atoms with Crippen molar-refractivity contribution in [1.82, 2.24) is 5.16 Å². The fraction of sp³-hybridized carbons (Fsp3) is 0. The number of nitrogens with two attached hydrogens (primary N) is 1. The molecule has 1 aromatic rings. The molecule has 1 rings (SSSR count). The van der Waals surface area contributed by atoms with Crippen LogP contribution in [0.5, 0.6) is 0 Å². The molecule has 2 radical (unpaired) electrons. The molecule has 0 aliphatic heterocycles. The van der Waals surface area contributed by atoms with E-state index in [-0.39, 0.29) is 5.82 Å². The van der Waals surface area contributed by atoms with Gasteiger partial charge in [0.15, 0.2) is 5.82 Å². The lowest BCUT2D eigenvalue weighted by Crippen LogP contribution is -2.04. The van der Waals surface area contributed by atoms with Gasteiger partial charge in [-0.2, -0.15) is 0 Å². The molecule has 0 fully saturated rings. The molecule has 0 bridgehead atoms. The van der Waals surface area contributed by atoms with Crippen LogP contribution >= 0.6 is 0 Å². The molecule has 0 aliphatic rings. The van der Waals surface area contributed by atoms with Crippen LogP contribution < -0.4 is 11.2 Å². The van der Waals surface area contributed by atoms with Crippen molar-refractivity contribution in [3.8, 4) is 0 Å². The topological polar surface area (TPSA) is 52.0 Å².